The van der Waals surface area contributed by atoms with Crippen molar-refractivity contribution >= 4 is 28.7 Å². The molecule has 2 atom stereocenters. The lowest BCUT2D eigenvalue weighted by Crippen LogP contribution is -2.53. The third kappa shape index (κ3) is 3.35. The van der Waals surface area contributed by atoms with Gasteiger partial charge in [0, 0.05) is 25.3 Å². The minimum atomic E-state index is -1.03. The quantitative estimate of drug-likeness (QED) is 0.869. The summed E-state index contributed by atoms with van der Waals surface area (Å²) in [5, 5.41) is 13.0. The number of carbonyl (C=O) groups excluding carboxylic acids is 2. The van der Waals surface area contributed by atoms with Crippen LogP contribution in [0.1, 0.15) is 12.8 Å². The molecule has 2 amide bonds. The lowest BCUT2D eigenvalue weighted by atomic mass is 9.92. The van der Waals surface area contributed by atoms with Crippen molar-refractivity contribution in [3.63, 3.8) is 0 Å². The van der Waals surface area contributed by atoms with Crippen LogP contribution in [0.2, 0.25) is 0 Å². The van der Waals surface area contributed by atoms with Crippen molar-refractivity contribution in [1.29, 1.82) is 0 Å². The van der Waals surface area contributed by atoms with Gasteiger partial charge in [0.15, 0.2) is 0 Å². The zero-order chi connectivity index (χ0) is 18.0. The molecule has 3 rings (SSSR count). The molecule has 0 saturated carbocycles. The second-order valence-electron chi connectivity index (χ2n) is 6.29. The number of fused-ring (bicyclic) bond motifs is 1. The average molecular weight is 343 g/mol. The van der Waals surface area contributed by atoms with Crippen LogP contribution >= 0.6 is 0 Å². The topological polar surface area (TPSA) is 91.6 Å². The van der Waals surface area contributed by atoms with Crippen molar-refractivity contribution < 1.29 is 19.5 Å². The number of nitrogens with zero attached hydrogens (tertiary/aromatic N) is 2. The summed E-state index contributed by atoms with van der Waals surface area (Å²) in [7, 11) is 1.55. The van der Waals surface area contributed by atoms with E-state index in [2.05, 4.69) is 5.32 Å². The molecule has 132 valence electrons. The number of piperidine rings is 1. The molecule has 0 aliphatic carbocycles. The number of rotatable bonds is 4. The zero-order valence-electron chi connectivity index (χ0n) is 14.0. The van der Waals surface area contributed by atoms with Crippen molar-refractivity contribution in [2.24, 2.45) is 5.92 Å². The van der Waals surface area contributed by atoms with Crippen LogP contribution in [0.15, 0.2) is 36.5 Å². The molecule has 1 aromatic carbocycles. The van der Waals surface area contributed by atoms with Crippen molar-refractivity contribution in [2.75, 3.05) is 13.6 Å². The number of hydrogen-bond donors (Lipinski definition) is 2. The first-order valence-electron chi connectivity index (χ1n) is 8.29. The Labute approximate surface area is 145 Å². The molecule has 1 fully saturated rings. The molecule has 0 spiro atoms. The fraction of sp³-hybridized carbons (Fsp3) is 0.389. The summed E-state index contributed by atoms with van der Waals surface area (Å²) in [6, 6.07) is 8.73. The van der Waals surface area contributed by atoms with Gasteiger partial charge in [0.25, 0.3) is 0 Å². The van der Waals surface area contributed by atoms with Crippen LogP contribution in [-0.4, -0.2) is 52.0 Å². The van der Waals surface area contributed by atoms with E-state index in [1.807, 2.05) is 36.5 Å². The van der Waals surface area contributed by atoms with Gasteiger partial charge in [-0.1, -0.05) is 18.2 Å². The van der Waals surface area contributed by atoms with E-state index in [0.717, 1.165) is 10.9 Å². The number of carboxylic acids is 1. The van der Waals surface area contributed by atoms with E-state index in [4.69, 9.17) is 0 Å². The average Bonchev–Trinajstić information content (AvgIpc) is 3.03. The van der Waals surface area contributed by atoms with Gasteiger partial charge in [0.05, 0.1) is 5.92 Å². The second-order valence-corrected chi connectivity index (χ2v) is 6.29. The summed E-state index contributed by atoms with van der Waals surface area (Å²) in [5.74, 6) is -1.84. The van der Waals surface area contributed by atoms with Crippen LogP contribution in [0.3, 0.4) is 0 Å². The van der Waals surface area contributed by atoms with E-state index in [1.165, 1.54) is 4.90 Å². The number of hydrogen-bond acceptors (Lipinski definition) is 3. The number of benzene rings is 1. The highest BCUT2D eigenvalue weighted by atomic mass is 16.4. The van der Waals surface area contributed by atoms with Gasteiger partial charge in [-0.25, -0.2) is 4.79 Å². The maximum Gasteiger partial charge on any atom is 0.326 e. The first-order valence-corrected chi connectivity index (χ1v) is 8.29. The SMILES string of the molecule is CNC(=O)[C@H]1CC[C@@H](C(=O)O)N(C(=O)Cn2ccc3ccccc32)C1. The summed E-state index contributed by atoms with van der Waals surface area (Å²) < 4.78 is 1.81. The molecule has 2 N–H and O–H groups in total. The Morgan fingerprint density at radius 1 is 1.20 bits per heavy atom. The van der Waals surface area contributed by atoms with Gasteiger partial charge < -0.3 is 19.9 Å². The van der Waals surface area contributed by atoms with E-state index in [0.29, 0.717) is 6.42 Å². The Balaban J connectivity index is 1.81. The number of likely N-dealkylation sites (tertiary alicyclic amines) is 1. The van der Waals surface area contributed by atoms with Gasteiger partial charge in [0.2, 0.25) is 11.8 Å². The Kier molecular flexibility index (Phi) is 4.74. The molecule has 25 heavy (non-hydrogen) atoms. The van der Waals surface area contributed by atoms with Crippen molar-refractivity contribution in [2.45, 2.75) is 25.4 Å². The predicted octanol–water partition coefficient (Wildman–Crippen LogP) is 1.08. The molecule has 1 aliphatic heterocycles. The maximum atomic E-state index is 12.8. The van der Waals surface area contributed by atoms with E-state index < -0.39 is 12.0 Å². The molecule has 0 unspecified atom stereocenters. The Morgan fingerprint density at radius 3 is 2.68 bits per heavy atom. The van der Waals surface area contributed by atoms with Crippen LogP contribution in [0.25, 0.3) is 10.9 Å². The number of nitrogens with one attached hydrogen (secondary N) is 1. The second kappa shape index (κ2) is 6.96. The molecular weight excluding hydrogens is 322 g/mol. The number of amides is 2. The predicted molar refractivity (Wildman–Crippen MR) is 91.9 cm³/mol. The summed E-state index contributed by atoms with van der Waals surface area (Å²) >= 11 is 0. The lowest BCUT2D eigenvalue weighted by molar-refractivity contribution is -0.154. The van der Waals surface area contributed by atoms with Crippen LogP contribution in [-0.2, 0) is 20.9 Å². The highest BCUT2D eigenvalue weighted by Gasteiger charge is 2.38. The number of carboxylic acid groups (broad SMARTS) is 1. The van der Waals surface area contributed by atoms with E-state index in [1.54, 1.807) is 11.6 Å². The van der Waals surface area contributed by atoms with Crippen molar-refractivity contribution in [1.82, 2.24) is 14.8 Å². The summed E-state index contributed by atoms with van der Waals surface area (Å²) in [4.78, 5) is 37.6. The Bertz CT molecular complexity index is 814. The fourth-order valence-corrected chi connectivity index (χ4v) is 3.44. The number of para-hydroxylation sites is 1. The highest BCUT2D eigenvalue weighted by Crippen LogP contribution is 2.24. The fourth-order valence-electron chi connectivity index (χ4n) is 3.44. The zero-order valence-corrected chi connectivity index (χ0v) is 14.0. The van der Waals surface area contributed by atoms with E-state index >= 15 is 0 Å². The molecule has 1 saturated heterocycles. The molecule has 1 aromatic heterocycles. The summed E-state index contributed by atoms with van der Waals surface area (Å²) in [6.45, 7) is 0.187. The number of carbonyl (C=O) groups is 3. The molecule has 7 nitrogen and oxygen atoms in total. The van der Waals surface area contributed by atoms with Crippen molar-refractivity contribution in [3.05, 3.63) is 36.5 Å². The molecule has 7 heteroatoms. The minimum absolute atomic E-state index is 0.0533. The smallest absolute Gasteiger partial charge is 0.326 e. The molecule has 2 heterocycles. The Hall–Kier alpha value is -2.83. The molecular formula is C18H21N3O4. The van der Waals surface area contributed by atoms with Gasteiger partial charge in [-0.3, -0.25) is 9.59 Å². The van der Waals surface area contributed by atoms with Crippen LogP contribution < -0.4 is 5.32 Å². The Morgan fingerprint density at radius 2 is 1.96 bits per heavy atom. The maximum absolute atomic E-state index is 12.8. The lowest BCUT2D eigenvalue weighted by Gasteiger charge is -2.36. The van der Waals surface area contributed by atoms with Gasteiger partial charge >= 0.3 is 5.97 Å². The minimum Gasteiger partial charge on any atom is -0.480 e. The van der Waals surface area contributed by atoms with E-state index in [-0.39, 0.29) is 37.2 Å². The van der Waals surface area contributed by atoms with Crippen molar-refractivity contribution in [3.8, 4) is 0 Å². The largest absolute Gasteiger partial charge is 0.480 e. The standard InChI is InChI=1S/C18H21N3O4/c1-19-17(23)13-6-7-15(18(24)25)21(10-13)16(22)11-20-9-8-12-4-2-3-5-14(12)20/h2-5,8-9,13,15H,6-7,10-11H2,1H3,(H,19,23)(H,24,25)/t13-,15-/m0/s1. The molecule has 0 radical (unpaired) electrons. The van der Waals surface area contributed by atoms with Gasteiger partial charge in [-0.15, -0.1) is 0 Å². The van der Waals surface area contributed by atoms with Gasteiger partial charge in [-0.2, -0.15) is 0 Å². The highest BCUT2D eigenvalue weighted by molar-refractivity contribution is 5.87. The van der Waals surface area contributed by atoms with Crippen LogP contribution in [0.4, 0.5) is 0 Å². The summed E-state index contributed by atoms with van der Waals surface area (Å²) in [6.07, 6.45) is 2.57. The third-order valence-corrected chi connectivity index (χ3v) is 4.79. The first-order chi connectivity index (χ1) is 12.0. The number of aromatic nitrogens is 1. The monoisotopic (exact) mass is 343 g/mol. The number of aliphatic carboxylic acids is 1. The van der Waals surface area contributed by atoms with Gasteiger partial charge in [0.1, 0.15) is 12.6 Å². The molecule has 2 aromatic rings. The van der Waals surface area contributed by atoms with E-state index in [9.17, 15) is 19.5 Å². The van der Waals surface area contributed by atoms with Crippen LogP contribution in [0.5, 0.6) is 0 Å². The molecule has 0 bridgehead atoms. The third-order valence-electron chi connectivity index (χ3n) is 4.79. The van der Waals surface area contributed by atoms with Gasteiger partial charge in [-0.05, 0) is 30.4 Å². The molecule has 1 aliphatic rings. The normalized spacial score (nSPS) is 20.4. The van der Waals surface area contributed by atoms with Crippen LogP contribution in [0, 0.1) is 5.92 Å². The summed E-state index contributed by atoms with van der Waals surface area (Å²) in [5.41, 5.74) is 0.919. The first kappa shape index (κ1) is 17.0.